The van der Waals surface area contributed by atoms with Gasteiger partial charge >= 0.3 is 0 Å². The zero-order valence-electron chi connectivity index (χ0n) is 18.5. The maximum atomic E-state index is 5.77. The van der Waals surface area contributed by atoms with Gasteiger partial charge in [0.2, 0.25) is 0 Å². The second-order valence-electron chi connectivity index (χ2n) is 8.47. The molecule has 0 atom stereocenters. The Morgan fingerprint density at radius 1 is 0.829 bits per heavy atom. The monoisotopic (exact) mass is 507 g/mol. The van der Waals surface area contributed by atoms with Crippen LogP contribution in [0.4, 0.5) is 0 Å². The van der Waals surface area contributed by atoms with Gasteiger partial charge in [-0.2, -0.15) is 4.98 Å². The lowest BCUT2D eigenvalue weighted by atomic mass is 9.97. The minimum Gasteiger partial charge on any atom is -0.321 e. The quantitative estimate of drug-likeness (QED) is 0.233. The number of pyridine rings is 1. The van der Waals surface area contributed by atoms with Gasteiger partial charge in [-0.3, -0.25) is 5.10 Å². The van der Waals surface area contributed by atoms with Crippen LogP contribution in [0.2, 0.25) is 0 Å². The van der Waals surface area contributed by atoms with Crippen LogP contribution in [0.3, 0.4) is 0 Å². The van der Waals surface area contributed by atoms with Gasteiger partial charge in [0, 0.05) is 36.8 Å². The van der Waals surface area contributed by atoms with Crippen LogP contribution in [-0.4, -0.2) is 24.7 Å². The summed E-state index contributed by atoms with van der Waals surface area (Å²) in [7, 11) is 0. The number of nitrogens with one attached hydrogen (secondary N) is 2. The number of aromatic nitrogens is 5. The number of hydrogen-bond acceptors (Lipinski definition) is 5. The molecule has 0 radical (unpaired) electrons. The van der Waals surface area contributed by atoms with E-state index in [-0.39, 0.29) is 0 Å². The van der Waals surface area contributed by atoms with Gasteiger partial charge < -0.3 is 4.98 Å². The first-order chi connectivity index (χ1) is 17.1. The highest BCUT2D eigenvalue weighted by Crippen LogP contribution is 2.41. The van der Waals surface area contributed by atoms with Crippen LogP contribution >= 0.6 is 35.8 Å². The molecule has 0 saturated heterocycles. The number of aryl methyl sites for hydroxylation is 1. The van der Waals surface area contributed by atoms with E-state index < -0.39 is 0 Å². The lowest BCUT2D eigenvalue weighted by Crippen LogP contribution is -2.00. The molecule has 0 fully saturated rings. The molecule has 5 nitrogen and oxygen atoms in total. The predicted octanol–water partition coefficient (Wildman–Crippen LogP) is 8.03. The molecule has 4 heterocycles. The van der Waals surface area contributed by atoms with Crippen molar-refractivity contribution in [1.29, 1.82) is 0 Å². The maximum absolute atomic E-state index is 5.77. The largest absolute Gasteiger partial charge is 0.321 e. The molecule has 0 aliphatic rings. The lowest BCUT2D eigenvalue weighted by Gasteiger charge is -2.10. The number of thiophene rings is 1. The van der Waals surface area contributed by atoms with Gasteiger partial charge in [0.25, 0.3) is 0 Å². The Bertz CT molecular complexity index is 2060. The number of benzene rings is 3. The molecule has 0 spiro atoms. The van der Waals surface area contributed by atoms with Crippen molar-refractivity contribution < 1.29 is 0 Å². The van der Waals surface area contributed by atoms with Crippen molar-refractivity contribution in [3.8, 4) is 16.8 Å². The number of para-hydroxylation sites is 1. The smallest absolute Gasteiger partial charge is 0.199 e. The molecule has 0 unspecified atom stereocenters. The fraction of sp³-hybridized carbons (Fsp3) is 0.0370. The van der Waals surface area contributed by atoms with Crippen LogP contribution in [0.15, 0.2) is 72.8 Å². The molecule has 35 heavy (non-hydrogen) atoms. The van der Waals surface area contributed by atoms with E-state index in [1.54, 1.807) is 11.3 Å². The second kappa shape index (κ2) is 7.64. The number of nitrogens with zero attached hydrogens (tertiary/aromatic N) is 3. The first kappa shape index (κ1) is 20.6. The summed E-state index contributed by atoms with van der Waals surface area (Å²) in [6.45, 7) is 2.07. The normalized spacial score (nSPS) is 11.8. The third-order valence-electron chi connectivity index (χ3n) is 6.36. The van der Waals surface area contributed by atoms with Crippen LogP contribution in [0.1, 0.15) is 5.69 Å². The second-order valence-corrected chi connectivity index (χ2v) is 10.4. The van der Waals surface area contributed by atoms with Crippen molar-refractivity contribution in [3.63, 3.8) is 0 Å². The highest BCUT2D eigenvalue weighted by atomic mass is 32.1. The van der Waals surface area contributed by atoms with Crippen LogP contribution in [0.25, 0.3) is 59.1 Å². The molecular formula is C27H17N5S3. The molecule has 3 aromatic carbocycles. The van der Waals surface area contributed by atoms with E-state index in [2.05, 4.69) is 64.5 Å². The molecule has 7 rings (SSSR count). The summed E-state index contributed by atoms with van der Waals surface area (Å²) >= 11 is 12.9. The highest BCUT2D eigenvalue weighted by molar-refractivity contribution is 7.72. The van der Waals surface area contributed by atoms with E-state index in [0.717, 1.165) is 38.9 Å². The van der Waals surface area contributed by atoms with Gasteiger partial charge in [-0.15, -0.1) is 11.3 Å². The fourth-order valence-electron chi connectivity index (χ4n) is 4.87. The zero-order chi connectivity index (χ0) is 23.7. The molecule has 168 valence electrons. The molecule has 0 saturated carbocycles. The van der Waals surface area contributed by atoms with Gasteiger partial charge in [0.05, 0.1) is 11.1 Å². The Labute approximate surface area is 213 Å². The molecular weight excluding hydrogens is 491 g/mol. The van der Waals surface area contributed by atoms with Crippen LogP contribution in [0.5, 0.6) is 0 Å². The van der Waals surface area contributed by atoms with Crippen LogP contribution in [0, 0.1) is 16.3 Å². The van der Waals surface area contributed by atoms with E-state index in [9.17, 15) is 0 Å². The molecule has 0 amide bonds. The Hall–Kier alpha value is -3.72. The molecule has 0 aliphatic heterocycles. The third kappa shape index (κ3) is 3.11. The zero-order valence-corrected chi connectivity index (χ0v) is 20.9. The minimum absolute atomic E-state index is 0.332. The Kier molecular flexibility index (Phi) is 4.51. The van der Waals surface area contributed by atoms with Crippen LogP contribution < -0.4 is 0 Å². The van der Waals surface area contributed by atoms with E-state index in [0.29, 0.717) is 15.1 Å². The van der Waals surface area contributed by atoms with Crippen LogP contribution in [-0.2, 0) is 0 Å². The van der Waals surface area contributed by atoms with Crippen molar-refractivity contribution in [2.75, 3.05) is 0 Å². The Balaban J connectivity index is 1.66. The summed E-state index contributed by atoms with van der Waals surface area (Å²) in [5.74, 6) is 0. The average molecular weight is 508 g/mol. The molecule has 4 aromatic heterocycles. The summed E-state index contributed by atoms with van der Waals surface area (Å²) in [5.41, 5.74) is 5.39. The van der Waals surface area contributed by atoms with Gasteiger partial charge in [-0.05, 0) is 55.0 Å². The summed E-state index contributed by atoms with van der Waals surface area (Å²) in [6.07, 6.45) is 0. The fourth-order valence-corrected chi connectivity index (χ4v) is 6.50. The predicted molar refractivity (Wildman–Crippen MR) is 150 cm³/mol. The van der Waals surface area contributed by atoms with E-state index in [1.807, 2.05) is 35.0 Å². The average Bonchev–Trinajstić information content (AvgIpc) is 3.40. The molecule has 8 heteroatoms. The number of aromatic amines is 2. The van der Waals surface area contributed by atoms with E-state index >= 15 is 0 Å². The van der Waals surface area contributed by atoms with Gasteiger partial charge in [-0.25, -0.2) is 9.67 Å². The summed E-state index contributed by atoms with van der Waals surface area (Å²) < 4.78 is 5.41. The first-order valence-electron chi connectivity index (χ1n) is 11.1. The minimum atomic E-state index is 0.332. The molecule has 2 N–H and O–H groups in total. The van der Waals surface area contributed by atoms with Gasteiger partial charge in [0.15, 0.2) is 16.1 Å². The molecule has 0 aliphatic carbocycles. The van der Waals surface area contributed by atoms with Gasteiger partial charge in [0.1, 0.15) is 4.64 Å². The lowest BCUT2D eigenvalue weighted by molar-refractivity contribution is 0.878. The topological polar surface area (TPSA) is 62.3 Å². The number of fused-ring (bicyclic) bond motifs is 5. The van der Waals surface area contributed by atoms with Crippen molar-refractivity contribution in [2.24, 2.45) is 0 Å². The highest BCUT2D eigenvalue weighted by Gasteiger charge is 2.20. The van der Waals surface area contributed by atoms with Crippen molar-refractivity contribution >= 4 is 78.0 Å². The maximum Gasteiger partial charge on any atom is 0.199 e. The van der Waals surface area contributed by atoms with Crippen molar-refractivity contribution in [1.82, 2.24) is 24.7 Å². The summed E-state index contributed by atoms with van der Waals surface area (Å²) in [5, 5.41) is 7.81. The Morgan fingerprint density at radius 3 is 2.46 bits per heavy atom. The summed E-state index contributed by atoms with van der Waals surface area (Å²) in [6, 6.07) is 25.3. The Morgan fingerprint density at radius 2 is 1.60 bits per heavy atom. The summed E-state index contributed by atoms with van der Waals surface area (Å²) in [4.78, 5) is 12.6. The SMILES string of the molecule is Cc1[nH]n(-c2ccccc2)c2nc3nc(=S)[nH]c(=S)c3c(-c3ccc4sc5ccccc5c4c3)c12. The number of hydrogen-bond donors (Lipinski definition) is 2. The molecule has 0 bridgehead atoms. The molecule has 7 aromatic rings. The first-order valence-corrected chi connectivity index (χ1v) is 12.7. The van der Waals surface area contributed by atoms with E-state index in [1.165, 1.54) is 20.2 Å². The van der Waals surface area contributed by atoms with Crippen molar-refractivity contribution in [2.45, 2.75) is 6.92 Å². The standard InChI is InChI=1S/C27H17N5S3/c1-14-21-22(15-11-12-20-18(13-15)17-9-5-6-10-19(17)35-20)23-24(29-27(34)30-26(23)33)28-25(21)32(31-14)16-7-3-2-4-8-16/h2-13,31H,1H3,(H,30,33,34). The number of rotatable bonds is 2. The van der Waals surface area contributed by atoms with Gasteiger partial charge in [-0.1, -0.05) is 54.7 Å². The number of H-pyrrole nitrogens is 2. The van der Waals surface area contributed by atoms with Crippen molar-refractivity contribution in [3.05, 3.63) is 87.9 Å². The third-order valence-corrected chi connectivity index (χ3v) is 8.01. The van der Waals surface area contributed by atoms with E-state index in [4.69, 9.17) is 29.4 Å².